The van der Waals surface area contributed by atoms with Crippen molar-refractivity contribution in [3.8, 4) is 0 Å². The number of hydrogen-bond acceptors (Lipinski definition) is 5. The Bertz CT molecular complexity index is 1550. The van der Waals surface area contributed by atoms with Crippen molar-refractivity contribution in [2.45, 2.75) is 19.4 Å². The molecule has 36 heavy (non-hydrogen) atoms. The number of hydrogen-bond donors (Lipinski definition) is 2. The second kappa shape index (κ2) is 9.23. The van der Waals surface area contributed by atoms with Crippen LogP contribution < -0.4 is 15.8 Å². The lowest BCUT2D eigenvalue weighted by atomic mass is 9.91. The zero-order chi connectivity index (χ0) is 25.6. The van der Waals surface area contributed by atoms with Gasteiger partial charge in [-0.15, -0.1) is 0 Å². The molecule has 10 heteroatoms. The fourth-order valence-corrected chi connectivity index (χ4v) is 4.72. The zero-order valence-electron chi connectivity index (χ0n) is 19.1. The van der Waals surface area contributed by atoms with Crippen LogP contribution in [0, 0.1) is 18.6 Å². The quantitative estimate of drug-likeness (QED) is 0.386. The molecule has 2 N–H and O–H groups in total. The number of rotatable bonds is 6. The average molecular weight is 511 g/mol. The van der Waals surface area contributed by atoms with Crippen LogP contribution in [0.5, 0.6) is 0 Å². The smallest absolute Gasteiger partial charge is 0.340 e. The van der Waals surface area contributed by atoms with E-state index < -0.39 is 28.7 Å². The Morgan fingerprint density at radius 1 is 1.19 bits per heavy atom. The van der Waals surface area contributed by atoms with Crippen LogP contribution in [0.15, 0.2) is 59.5 Å². The fraction of sp³-hybridized carbons (Fsp3) is 0.192. The molecule has 1 saturated heterocycles. The van der Waals surface area contributed by atoms with Gasteiger partial charge in [-0.2, -0.15) is 0 Å². The predicted octanol–water partition coefficient (Wildman–Crippen LogP) is 4.85. The Morgan fingerprint density at radius 2 is 1.92 bits per heavy atom. The van der Waals surface area contributed by atoms with Gasteiger partial charge in [0.2, 0.25) is 0 Å². The molecule has 4 aromatic rings. The second-order valence-corrected chi connectivity index (χ2v) is 9.10. The van der Waals surface area contributed by atoms with Gasteiger partial charge in [-0.05, 0) is 30.7 Å². The number of halogens is 3. The molecule has 0 radical (unpaired) electrons. The van der Waals surface area contributed by atoms with Crippen molar-refractivity contribution in [3.05, 3.63) is 104 Å². The summed E-state index contributed by atoms with van der Waals surface area (Å²) in [6.45, 7) is 2.87. The number of nitrogens with one attached hydrogen (secondary N) is 1. The number of aromatic carboxylic acids is 1. The Kier molecular flexibility index (Phi) is 6.09. The summed E-state index contributed by atoms with van der Waals surface area (Å²) < 4.78 is 29.7. The third-order valence-electron chi connectivity index (χ3n) is 6.39. The number of fused-ring (bicyclic) bond motifs is 1. The van der Waals surface area contributed by atoms with Crippen molar-refractivity contribution in [2.75, 3.05) is 23.3 Å². The maximum absolute atomic E-state index is 14.5. The summed E-state index contributed by atoms with van der Waals surface area (Å²) in [4.78, 5) is 31.4. The van der Waals surface area contributed by atoms with E-state index in [-0.39, 0.29) is 28.5 Å². The highest BCUT2D eigenvalue weighted by Gasteiger charge is 2.31. The van der Waals surface area contributed by atoms with Crippen LogP contribution in [0.1, 0.15) is 33.0 Å². The minimum Gasteiger partial charge on any atom is -0.478 e. The Balaban J connectivity index is 1.51. The second-order valence-electron chi connectivity index (χ2n) is 8.69. The molecule has 1 aliphatic heterocycles. The number of aromatic nitrogens is 2. The summed E-state index contributed by atoms with van der Waals surface area (Å²) in [5, 5.41) is 12.2. The van der Waals surface area contributed by atoms with E-state index in [9.17, 15) is 23.5 Å². The molecule has 0 bridgehead atoms. The van der Waals surface area contributed by atoms with E-state index in [1.54, 1.807) is 6.92 Å². The molecule has 0 aliphatic carbocycles. The van der Waals surface area contributed by atoms with Gasteiger partial charge in [0, 0.05) is 37.3 Å². The van der Waals surface area contributed by atoms with Crippen molar-refractivity contribution in [2.24, 2.45) is 0 Å². The van der Waals surface area contributed by atoms with Crippen molar-refractivity contribution in [1.29, 1.82) is 0 Å². The van der Waals surface area contributed by atoms with E-state index in [0.29, 0.717) is 30.4 Å². The monoisotopic (exact) mass is 510 g/mol. The standard InChI is InChI=1S/C26H21ClF2N4O3/c1-14-23(32-11-17(12-32)15-5-3-2-4-6-15)31-24-16(9-18(28)13-33(24)25(14)34)10-30-22-19(27)7-8-20(29)21(22)26(35)36/h2-9,13,17,30H,10-12H2,1H3,(H,35,36). The molecule has 184 valence electrons. The zero-order valence-corrected chi connectivity index (χ0v) is 19.9. The number of benzene rings is 2. The maximum Gasteiger partial charge on any atom is 0.340 e. The Labute approximate surface area is 209 Å². The SMILES string of the molecule is Cc1c(N2CC(c3ccccc3)C2)nc2c(CNc3c(Cl)ccc(F)c3C(=O)O)cc(F)cn2c1=O. The number of carboxylic acid groups (broad SMARTS) is 1. The first-order chi connectivity index (χ1) is 17.2. The summed E-state index contributed by atoms with van der Waals surface area (Å²) >= 11 is 6.12. The topological polar surface area (TPSA) is 86.9 Å². The molecule has 2 aromatic carbocycles. The summed E-state index contributed by atoms with van der Waals surface area (Å²) in [6.07, 6.45) is 1.06. The highest BCUT2D eigenvalue weighted by Crippen LogP contribution is 2.33. The molecule has 2 aromatic heterocycles. The van der Waals surface area contributed by atoms with Gasteiger partial charge >= 0.3 is 5.97 Å². The molecule has 5 rings (SSSR count). The molecule has 1 fully saturated rings. The summed E-state index contributed by atoms with van der Waals surface area (Å²) in [5.74, 6) is -2.32. The molecule has 0 spiro atoms. The lowest BCUT2D eigenvalue weighted by molar-refractivity contribution is 0.0693. The van der Waals surface area contributed by atoms with E-state index in [2.05, 4.69) is 17.4 Å². The minimum absolute atomic E-state index is 0.0105. The molecule has 0 unspecified atom stereocenters. The third kappa shape index (κ3) is 4.15. The first-order valence-corrected chi connectivity index (χ1v) is 11.6. The van der Waals surface area contributed by atoms with Crippen LogP contribution in [0.2, 0.25) is 5.02 Å². The van der Waals surface area contributed by atoms with Gasteiger partial charge in [-0.25, -0.2) is 18.6 Å². The van der Waals surface area contributed by atoms with E-state index >= 15 is 0 Å². The molecule has 1 aliphatic rings. The molecule has 0 saturated carbocycles. The Hall–Kier alpha value is -3.98. The highest BCUT2D eigenvalue weighted by atomic mass is 35.5. The molecule has 7 nitrogen and oxygen atoms in total. The van der Waals surface area contributed by atoms with Crippen LogP contribution in [0.3, 0.4) is 0 Å². The molecular weight excluding hydrogens is 490 g/mol. The maximum atomic E-state index is 14.5. The minimum atomic E-state index is -1.50. The number of anilines is 2. The first-order valence-electron chi connectivity index (χ1n) is 11.2. The number of carbonyl (C=O) groups is 1. The number of carboxylic acids is 1. The number of pyridine rings is 1. The molecule has 3 heterocycles. The average Bonchev–Trinajstić information content (AvgIpc) is 2.82. The molecular formula is C26H21ClF2N4O3. The third-order valence-corrected chi connectivity index (χ3v) is 6.71. The van der Waals surface area contributed by atoms with Crippen LogP contribution in [0.25, 0.3) is 5.65 Å². The van der Waals surface area contributed by atoms with E-state index in [4.69, 9.17) is 16.6 Å². The van der Waals surface area contributed by atoms with Gasteiger partial charge < -0.3 is 15.3 Å². The summed E-state index contributed by atoms with van der Waals surface area (Å²) in [7, 11) is 0. The fourth-order valence-electron chi connectivity index (χ4n) is 4.49. The Morgan fingerprint density at radius 3 is 2.61 bits per heavy atom. The van der Waals surface area contributed by atoms with Gasteiger partial charge in [0.05, 0.1) is 16.3 Å². The largest absolute Gasteiger partial charge is 0.478 e. The van der Waals surface area contributed by atoms with Crippen molar-refractivity contribution in [3.63, 3.8) is 0 Å². The molecule has 0 atom stereocenters. The van der Waals surface area contributed by atoms with Crippen molar-refractivity contribution < 1.29 is 18.7 Å². The first kappa shape index (κ1) is 23.7. The van der Waals surface area contributed by atoms with Gasteiger partial charge in [0.1, 0.15) is 28.7 Å². The lowest BCUT2D eigenvalue weighted by Gasteiger charge is -2.41. The summed E-state index contributed by atoms with van der Waals surface area (Å²) in [6, 6.07) is 13.4. The normalized spacial score (nSPS) is 13.6. The van der Waals surface area contributed by atoms with Crippen molar-refractivity contribution in [1.82, 2.24) is 9.38 Å². The highest BCUT2D eigenvalue weighted by molar-refractivity contribution is 6.34. The predicted molar refractivity (Wildman–Crippen MR) is 133 cm³/mol. The summed E-state index contributed by atoms with van der Waals surface area (Å²) in [5.41, 5.74) is 0.912. The lowest BCUT2D eigenvalue weighted by Crippen LogP contribution is -2.46. The van der Waals surface area contributed by atoms with Gasteiger partial charge in [0.15, 0.2) is 0 Å². The van der Waals surface area contributed by atoms with Crippen LogP contribution in [0.4, 0.5) is 20.3 Å². The van der Waals surface area contributed by atoms with E-state index in [0.717, 1.165) is 16.7 Å². The van der Waals surface area contributed by atoms with Crippen molar-refractivity contribution >= 4 is 34.7 Å². The van der Waals surface area contributed by atoms with Gasteiger partial charge in [-0.3, -0.25) is 9.20 Å². The van der Waals surface area contributed by atoms with Crippen LogP contribution >= 0.6 is 11.6 Å². The number of nitrogens with zero attached hydrogens (tertiary/aromatic N) is 3. The van der Waals surface area contributed by atoms with Gasteiger partial charge in [-0.1, -0.05) is 41.9 Å². The molecule has 0 amide bonds. The van der Waals surface area contributed by atoms with Gasteiger partial charge in [0.25, 0.3) is 5.56 Å². The van der Waals surface area contributed by atoms with E-state index in [1.165, 1.54) is 17.7 Å². The van der Waals surface area contributed by atoms with E-state index in [1.807, 2.05) is 23.1 Å². The van der Waals surface area contributed by atoms with Crippen LogP contribution in [-0.2, 0) is 6.54 Å². The van der Waals surface area contributed by atoms with Crippen LogP contribution in [-0.4, -0.2) is 33.6 Å².